The van der Waals surface area contributed by atoms with Gasteiger partial charge in [0, 0.05) is 25.7 Å². The molecule has 120 valence electrons. The van der Waals surface area contributed by atoms with Gasteiger partial charge in [-0.05, 0) is 32.3 Å². The molecule has 2 aromatic heterocycles. The van der Waals surface area contributed by atoms with E-state index >= 15 is 0 Å². The van der Waals surface area contributed by atoms with Gasteiger partial charge in [-0.1, -0.05) is 6.92 Å². The molecule has 0 aromatic carbocycles. The summed E-state index contributed by atoms with van der Waals surface area (Å²) in [6, 6.07) is 0. The van der Waals surface area contributed by atoms with Crippen LogP contribution in [0.1, 0.15) is 42.5 Å². The van der Waals surface area contributed by atoms with E-state index in [0.29, 0.717) is 19.4 Å². The van der Waals surface area contributed by atoms with Gasteiger partial charge in [-0.2, -0.15) is 5.10 Å². The molecule has 0 saturated heterocycles. The minimum absolute atomic E-state index is 0.0219. The third kappa shape index (κ3) is 3.72. The van der Waals surface area contributed by atoms with E-state index in [4.69, 9.17) is 0 Å². The number of hydrogen-bond acceptors (Lipinski definition) is 4. The van der Waals surface area contributed by atoms with Gasteiger partial charge in [0.2, 0.25) is 5.91 Å². The van der Waals surface area contributed by atoms with Crippen LogP contribution in [0.5, 0.6) is 0 Å². The monoisotopic (exact) mass is 304 g/mol. The van der Waals surface area contributed by atoms with Gasteiger partial charge in [-0.3, -0.25) is 9.48 Å². The van der Waals surface area contributed by atoms with E-state index in [0.717, 1.165) is 35.7 Å². The van der Waals surface area contributed by atoms with Gasteiger partial charge in [0.15, 0.2) is 5.82 Å². The van der Waals surface area contributed by atoms with Gasteiger partial charge in [-0.25, -0.2) is 0 Å². The fourth-order valence-electron chi connectivity index (χ4n) is 2.53. The first-order valence-corrected chi connectivity index (χ1v) is 7.65. The summed E-state index contributed by atoms with van der Waals surface area (Å²) in [5.41, 5.74) is 3.27. The first-order valence-electron chi connectivity index (χ1n) is 7.65. The summed E-state index contributed by atoms with van der Waals surface area (Å²) in [4.78, 5) is 12.0. The van der Waals surface area contributed by atoms with Gasteiger partial charge in [0.25, 0.3) is 0 Å². The maximum Gasteiger partial charge on any atom is 0.220 e. The molecular formula is C15H24N6O. The normalized spacial score (nSPS) is 10.9. The number of hydrogen-bond donors (Lipinski definition) is 1. The molecule has 0 aliphatic carbocycles. The van der Waals surface area contributed by atoms with Crippen LogP contribution in [-0.2, 0) is 31.4 Å². The van der Waals surface area contributed by atoms with Crippen molar-refractivity contribution in [3.63, 3.8) is 0 Å². The Labute approximate surface area is 130 Å². The molecule has 7 nitrogen and oxygen atoms in total. The third-order valence-electron chi connectivity index (χ3n) is 3.86. The molecule has 0 aliphatic heterocycles. The van der Waals surface area contributed by atoms with Crippen molar-refractivity contribution >= 4 is 5.91 Å². The largest absolute Gasteiger partial charge is 0.349 e. The van der Waals surface area contributed by atoms with Crippen molar-refractivity contribution in [2.45, 2.75) is 53.1 Å². The summed E-state index contributed by atoms with van der Waals surface area (Å²) in [6.45, 7) is 7.39. The van der Waals surface area contributed by atoms with E-state index in [1.807, 2.05) is 30.1 Å². The maximum absolute atomic E-state index is 12.0. The summed E-state index contributed by atoms with van der Waals surface area (Å²) in [7, 11) is 1.92. The molecule has 2 aromatic rings. The number of nitrogens with one attached hydrogen (secondary N) is 1. The van der Waals surface area contributed by atoms with Crippen LogP contribution < -0.4 is 5.32 Å². The second-order valence-electron chi connectivity index (χ2n) is 5.49. The Balaban J connectivity index is 1.84. The molecule has 0 spiro atoms. The van der Waals surface area contributed by atoms with Crippen molar-refractivity contribution in [3.8, 4) is 0 Å². The van der Waals surface area contributed by atoms with Crippen LogP contribution >= 0.6 is 0 Å². The zero-order chi connectivity index (χ0) is 16.1. The average Bonchev–Trinajstić information content (AvgIpc) is 3.01. The molecule has 0 aliphatic rings. The molecule has 1 amide bonds. The van der Waals surface area contributed by atoms with Crippen LogP contribution in [0, 0.1) is 13.8 Å². The molecule has 0 unspecified atom stereocenters. The Morgan fingerprint density at radius 2 is 2.14 bits per heavy atom. The molecular weight excluding hydrogens is 280 g/mol. The molecule has 0 atom stereocenters. The standard InChI is InChI=1S/C15H24N6O/c1-5-8-21-10-17-18-14(21)9-16-15(22)7-6-13-11(2)19-20(4)12(13)3/h10H,5-9H2,1-4H3,(H,16,22). The van der Waals surface area contributed by atoms with Crippen molar-refractivity contribution in [2.24, 2.45) is 7.05 Å². The lowest BCUT2D eigenvalue weighted by atomic mass is 10.1. The molecule has 0 bridgehead atoms. The Morgan fingerprint density at radius 3 is 2.77 bits per heavy atom. The van der Waals surface area contributed by atoms with Crippen LogP contribution in [0.2, 0.25) is 0 Å². The highest BCUT2D eigenvalue weighted by Gasteiger charge is 2.12. The summed E-state index contributed by atoms with van der Waals surface area (Å²) < 4.78 is 3.82. The lowest BCUT2D eigenvalue weighted by Crippen LogP contribution is -2.25. The molecule has 7 heteroatoms. The minimum atomic E-state index is 0.0219. The fraction of sp³-hybridized carbons (Fsp3) is 0.600. The van der Waals surface area contributed by atoms with E-state index < -0.39 is 0 Å². The maximum atomic E-state index is 12.0. The summed E-state index contributed by atoms with van der Waals surface area (Å²) >= 11 is 0. The van der Waals surface area contributed by atoms with E-state index in [1.54, 1.807) is 6.33 Å². The van der Waals surface area contributed by atoms with Gasteiger partial charge in [0.05, 0.1) is 12.2 Å². The Kier molecular flexibility index (Phi) is 5.30. The number of carbonyl (C=O) groups excluding carboxylic acids is 1. The number of nitrogens with zero attached hydrogens (tertiary/aromatic N) is 5. The number of rotatable bonds is 7. The van der Waals surface area contributed by atoms with E-state index in [9.17, 15) is 4.79 Å². The van der Waals surface area contributed by atoms with Gasteiger partial charge < -0.3 is 9.88 Å². The van der Waals surface area contributed by atoms with Crippen LogP contribution in [0.3, 0.4) is 0 Å². The van der Waals surface area contributed by atoms with Crippen LogP contribution in [0.25, 0.3) is 0 Å². The molecule has 0 radical (unpaired) electrons. The SMILES string of the molecule is CCCn1cnnc1CNC(=O)CCc1c(C)nn(C)c1C. The molecule has 2 heterocycles. The lowest BCUT2D eigenvalue weighted by molar-refractivity contribution is -0.121. The summed E-state index contributed by atoms with van der Waals surface area (Å²) in [6.07, 6.45) is 3.88. The van der Waals surface area contributed by atoms with Gasteiger partial charge in [0.1, 0.15) is 6.33 Å². The molecule has 2 rings (SSSR count). The van der Waals surface area contributed by atoms with Crippen molar-refractivity contribution in [3.05, 3.63) is 29.1 Å². The van der Waals surface area contributed by atoms with Crippen LogP contribution in [0.4, 0.5) is 0 Å². The summed E-state index contributed by atoms with van der Waals surface area (Å²) in [5.74, 6) is 0.817. The van der Waals surface area contributed by atoms with Gasteiger partial charge >= 0.3 is 0 Å². The highest BCUT2D eigenvalue weighted by atomic mass is 16.1. The average molecular weight is 304 g/mol. The number of amides is 1. The highest BCUT2D eigenvalue weighted by Crippen LogP contribution is 2.13. The fourth-order valence-corrected chi connectivity index (χ4v) is 2.53. The first-order chi connectivity index (χ1) is 10.5. The Morgan fingerprint density at radius 1 is 1.36 bits per heavy atom. The number of carbonyl (C=O) groups is 1. The van der Waals surface area contributed by atoms with Crippen molar-refractivity contribution in [2.75, 3.05) is 0 Å². The molecule has 0 saturated carbocycles. The highest BCUT2D eigenvalue weighted by molar-refractivity contribution is 5.76. The minimum Gasteiger partial charge on any atom is -0.349 e. The topological polar surface area (TPSA) is 77.6 Å². The Hall–Kier alpha value is -2.18. The second kappa shape index (κ2) is 7.20. The number of aromatic nitrogens is 5. The van der Waals surface area contributed by atoms with E-state index in [2.05, 4.69) is 27.5 Å². The van der Waals surface area contributed by atoms with E-state index in [1.165, 1.54) is 0 Å². The zero-order valence-electron chi connectivity index (χ0n) is 13.8. The molecule has 22 heavy (non-hydrogen) atoms. The zero-order valence-corrected chi connectivity index (χ0v) is 13.8. The quantitative estimate of drug-likeness (QED) is 0.836. The van der Waals surface area contributed by atoms with Gasteiger partial charge in [-0.15, -0.1) is 10.2 Å². The van der Waals surface area contributed by atoms with Crippen LogP contribution in [-0.4, -0.2) is 30.5 Å². The predicted octanol–water partition coefficient (Wildman–Crippen LogP) is 1.29. The van der Waals surface area contributed by atoms with Crippen molar-refractivity contribution < 1.29 is 4.79 Å². The molecule has 1 N–H and O–H groups in total. The predicted molar refractivity (Wildman–Crippen MR) is 83.2 cm³/mol. The number of aryl methyl sites for hydroxylation is 3. The molecule has 0 fully saturated rings. The first kappa shape index (κ1) is 16.2. The van der Waals surface area contributed by atoms with E-state index in [-0.39, 0.29) is 5.91 Å². The Bertz CT molecular complexity index is 642. The second-order valence-corrected chi connectivity index (χ2v) is 5.49. The lowest BCUT2D eigenvalue weighted by Gasteiger charge is -2.07. The third-order valence-corrected chi connectivity index (χ3v) is 3.86. The van der Waals surface area contributed by atoms with Crippen molar-refractivity contribution in [1.82, 2.24) is 29.9 Å². The van der Waals surface area contributed by atoms with Crippen LogP contribution in [0.15, 0.2) is 6.33 Å². The van der Waals surface area contributed by atoms with Crippen molar-refractivity contribution in [1.29, 1.82) is 0 Å². The summed E-state index contributed by atoms with van der Waals surface area (Å²) in [5, 5.41) is 15.2. The smallest absolute Gasteiger partial charge is 0.220 e.